The molecule has 0 unspecified atom stereocenters. The summed E-state index contributed by atoms with van der Waals surface area (Å²) in [5.74, 6) is 0. The van der Waals surface area contributed by atoms with Gasteiger partial charge in [-0.3, -0.25) is 0 Å². The maximum atomic E-state index is 2.38. The van der Waals surface area contributed by atoms with Crippen molar-refractivity contribution in [2.45, 2.75) is 79.1 Å². The van der Waals surface area contributed by atoms with Crippen molar-refractivity contribution in [1.82, 2.24) is 0 Å². The van der Waals surface area contributed by atoms with Gasteiger partial charge < -0.3 is 0 Å². The third-order valence-corrected chi connectivity index (χ3v) is 3.17. The van der Waals surface area contributed by atoms with Crippen molar-refractivity contribution in [1.29, 1.82) is 0 Å². The van der Waals surface area contributed by atoms with E-state index in [1.54, 1.807) is 11.1 Å². The van der Waals surface area contributed by atoms with Crippen molar-refractivity contribution >= 4 is 0 Å². The van der Waals surface area contributed by atoms with E-state index in [2.05, 4.69) is 39.8 Å². The molecule has 0 aliphatic heterocycles. The van der Waals surface area contributed by atoms with Crippen molar-refractivity contribution in [3.8, 4) is 0 Å². The Hall–Kier alpha value is -0.520. The number of hydrogen-bond acceptors (Lipinski definition) is 0. The van der Waals surface area contributed by atoms with E-state index in [9.17, 15) is 0 Å². The Morgan fingerprint density at radius 2 is 1.06 bits per heavy atom. The van der Waals surface area contributed by atoms with Gasteiger partial charge in [0.25, 0.3) is 0 Å². The van der Waals surface area contributed by atoms with Crippen molar-refractivity contribution in [3.63, 3.8) is 0 Å². The molecular formula is C16H30. The minimum atomic E-state index is 1.21. The van der Waals surface area contributed by atoms with Crippen LogP contribution in [-0.4, -0.2) is 0 Å². The van der Waals surface area contributed by atoms with Gasteiger partial charge in [0.05, 0.1) is 0 Å². The normalized spacial score (nSPS) is 13.2. The van der Waals surface area contributed by atoms with E-state index < -0.39 is 0 Å². The van der Waals surface area contributed by atoms with Crippen molar-refractivity contribution in [2.75, 3.05) is 0 Å². The number of rotatable bonds is 9. The Morgan fingerprint density at radius 3 is 1.31 bits per heavy atom. The smallest absolute Gasteiger partial charge is 0.0317 e. The standard InChI is InChI=1S/C16H30/c1-5-9-11-15(7-3)13-14-16(8-4)12-10-6-2/h13-14H,5-12H2,1-4H3. The number of hydrogen-bond donors (Lipinski definition) is 0. The van der Waals surface area contributed by atoms with Crippen LogP contribution in [0.2, 0.25) is 0 Å². The first-order chi connectivity index (χ1) is 7.78. The summed E-state index contributed by atoms with van der Waals surface area (Å²) in [6.45, 7) is 9.07. The maximum Gasteiger partial charge on any atom is -0.0317 e. The zero-order valence-electron chi connectivity index (χ0n) is 11.8. The van der Waals surface area contributed by atoms with Crippen molar-refractivity contribution < 1.29 is 0 Å². The largest absolute Gasteiger partial charge is 0.0705 e. The Labute approximate surface area is 103 Å². The Morgan fingerprint density at radius 1 is 0.688 bits per heavy atom. The molecule has 0 spiro atoms. The molecule has 0 aromatic carbocycles. The summed E-state index contributed by atoms with van der Waals surface area (Å²) < 4.78 is 0. The first-order valence-electron chi connectivity index (χ1n) is 7.15. The van der Waals surface area contributed by atoms with Gasteiger partial charge in [0.1, 0.15) is 0 Å². The van der Waals surface area contributed by atoms with E-state index in [0.717, 1.165) is 0 Å². The van der Waals surface area contributed by atoms with Gasteiger partial charge in [-0.1, -0.05) is 63.8 Å². The zero-order chi connectivity index (χ0) is 12.2. The lowest BCUT2D eigenvalue weighted by atomic mass is 10.0. The molecule has 0 aliphatic carbocycles. The van der Waals surface area contributed by atoms with Crippen LogP contribution in [0.4, 0.5) is 0 Å². The highest BCUT2D eigenvalue weighted by atomic mass is 14.0. The number of unbranched alkanes of at least 4 members (excludes halogenated alkanes) is 2. The molecule has 94 valence electrons. The molecule has 0 radical (unpaired) electrons. The fourth-order valence-corrected chi connectivity index (χ4v) is 1.80. The molecule has 0 aromatic heterocycles. The third kappa shape index (κ3) is 7.73. The van der Waals surface area contributed by atoms with Crippen LogP contribution in [0, 0.1) is 0 Å². The van der Waals surface area contributed by atoms with Gasteiger partial charge >= 0.3 is 0 Å². The molecule has 0 saturated carbocycles. The minimum absolute atomic E-state index is 1.21. The van der Waals surface area contributed by atoms with Gasteiger partial charge in [-0.15, -0.1) is 0 Å². The molecule has 0 nitrogen and oxygen atoms in total. The molecule has 0 heterocycles. The van der Waals surface area contributed by atoms with Gasteiger partial charge in [-0.05, 0) is 38.5 Å². The SMILES string of the molecule is CCCCC(=CC=C(CC)CCCC)CC. The van der Waals surface area contributed by atoms with Gasteiger partial charge in [0.2, 0.25) is 0 Å². The van der Waals surface area contributed by atoms with Gasteiger partial charge in [-0.25, -0.2) is 0 Å². The molecule has 0 N–H and O–H groups in total. The lowest BCUT2D eigenvalue weighted by Gasteiger charge is -2.04. The van der Waals surface area contributed by atoms with E-state index in [4.69, 9.17) is 0 Å². The molecule has 16 heavy (non-hydrogen) atoms. The van der Waals surface area contributed by atoms with Crippen LogP contribution in [0.3, 0.4) is 0 Å². The molecule has 0 rings (SSSR count). The minimum Gasteiger partial charge on any atom is -0.0705 e. The number of allylic oxidation sites excluding steroid dienone is 4. The monoisotopic (exact) mass is 222 g/mol. The highest BCUT2D eigenvalue weighted by molar-refractivity contribution is 5.17. The molecular weight excluding hydrogens is 192 g/mol. The van der Waals surface area contributed by atoms with Crippen LogP contribution in [0.15, 0.2) is 23.3 Å². The average molecular weight is 222 g/mol. The summed E-state index contributed by atoms with van der Waals surface area (Å²) in [5, 5.41) is 0. The third-order valence-electron chi connectivity index (χ3n) is 3.17. The van der Waals surface area contributed by atoms with E-state index in [1.807, 2.05) is 0 Å². The van der Waals surface area contributed by atoms with Gasteiger partial charge in [0, 0.05) is 0 Å². The lowest BCUT2D eigenvalue weighted by Crippen LogP contribution is -1.84. The molecule has 0 aromatic rings. The fraction of sp³-hybridized carbons (Fsp3) is 0.750. The van der Waals surface area contributed by atoms with Crippen LogP contribution in [0.5, 0.6) is 0 Å². The van der Waals surface area contributed by atoms with Crippen LogP contribution in [-0.2, 0) is 0 Å². The van der Waals surface area contributed by atoms with E-state index in [-0.39, 0.29) is 0 Å². The summed E-state index contributed by atoms with van der Waals surface area (Å²) in [6.07, 6.45) is 15.0. The van der Waals surface area contributed by atoms with E-state index in [1.165, 1.54) is 51.4 Å². The lowest BCUT2D eigenvalue weighted by molar-refractivity contribution is 0.760. The predicted molar refractivity (Wildman–Crippen MR) is 75.8 cm³/mol. The molecule has 0 amide bonds. The second kappa shape index (κ2) is 11.0. The van der Waals surface area contributed by atoms with Crippen molar-refractivity contribution in [2.24, 2.45) is 0 Å². The molecule has 0 heteroatoms. The predicted octanol–water partition coefficient (Wildman–Crippen LogP) is 6.04. The van der Waals surface area contributed by atoms with E-state index >= 15 is 0 Å². The molecule has 0 fully saturated rings. The van der Waals surface area contributed by atoms with Crippen LogP contribution in [0.25, 0.3) is 0 Å². The fourth-order valence-electron chi connectivity index (χ4n) is 1.80. The maximum absolute atomic E-state index is 2.38. The summed E-state index contributed by atoms with van der Waals surface area (Å²) in [7, 11) is 0. The second-order valence-electron chi connectivity index (χ2n) is 4.56. The zero-order valence-corrected chi connectivity index (χ0v) is 11.8. The highest BCUT2D eigenvalue weighted by Crippen LogP contribution is 2.15. The van der Waals surface area contributed by atoms with Crippen LogP contribution < -0.4 is 0 Å². The average Bonchev–Trinajstić information content (AvgIpc) is 2.33. The first kappa shape index (κ1) is 15.5. The molecule has 0 aliphatic rings. The quantitative estimate of drug-likeness (QED) is 0.417. The molecule has 0 atom stereocenters. The second-order valence-corrected chi connectivity index (χ2v) is 4.56. The molecule has 0 saturated heterocycles. The molecule has 0 bridgehead atoms. The highest BCUT2D eigenvalue weighted by Gasteiger charge is 1.95. The summed E-state index contributed by atoms with van der Waals surface area (Å²) in [5.41, 5.74) is 3.23. The van der Waals surface area contributed by atoms with Gasteiger partial charge in [0.15, 0.2) is 0 Å². The Balaban J connectivity index is 4.25. The Kier molecular flexibility index (Phi) is 10.6. The first-order valence-corrected chi connectivity index (χ1v) is 7.15. The topological polar surface area (TPSA) is 0 Å². The van der Waals surface area contributed by atoms with Crippen molar-refractivity contribution in [3.05, 3.63) is 23.3 Å². The van der Waals surface area contributed by atoms with E-state index in [0.29, 0.717) is 0 Å². The summed E-state index contributed by atoms with van der Waals surface area (Å²) in [6, 6.07) is 0. The summed E-state index contributed by atoms with van der Waals surface area (Å²) >= 11 is 0. The van der Waals surface area contributed by atoms with Crippen LogP contribution in [0.1, 0.15) is 79.1 Å². The van der Waals surface area contributed by atoms with Crippen LogP contribution >= 0.6 is 0 Å². The van der Waals surface area contributed by atoms with Gasteiger partial charge in [-0.2, -0.15) is 0 Å². The Bertz CT molecular complexity index is 184. The summed E-state index contributed by atoms with van der Waals surface area (Å²) in [4.78, 5) is 0.